The van der Waals surface area contributed by atoms with Crippen molar-refractivity contribution < 1.29 is 17.9 Å². The molecule has 0 aromatic carbocycles. The van der Waals surface area contributed by atoms with Gasteiger partial charge >= 0.3 is 6.18 Å². The van der Waals surface area contributed by atoms with Gasteiger partial charge in [0.05, 0.1) is 13.2 Å². The van der Waals surface area contributed by atoms with Gasteiger partial charge in [-0.25, -0.2) is 15.0 Å². The first kappa shape index (κ1) is 20.2. The molecule has 0 bridgehead atoms. The Bertz CT molecular complexity index is 808. The maximum atomic E-state index is 12.9. The molecule has 0 unspecified atom stereocenters. The Morgan fingerprint density at radius 2 is 1.86 bits per heavy atom. The van der Waals surface area contributed by atoms with Crippen LogP contribution in [0, 0.1) is 6.92 Å². The molecule has 1 aliphatic heterocycles. The topological polar surface area (TPSA) is 76.1 Å². The van der Waals surface area contributed by atoms with Crippen LogP contribution in [0.15, 0.2) is 12.1 Å². The van der Waals surface area contributed by atoms with Crippen LogP contribution in [0.1, 0.15) is 29.8 Å². The number of morpholine rings is 1. The van der Waals surface area contributed by atoms with Crippen LogP contribution in [-0.4, -0.2) is 52.8 Å². The molecule has 1 saturated heterocycles. The van der Waals surface area contributed by atoms with E-state index < -0.39 is 11.9 Å². The third-order valence-corrected chi connectivity index (χ3v) is 4.27. The first-order valence-electron chi connectivity index (χ1n) is 9.21. The summed E-state index contributed by atoms with van der Waals surface area (Å²) in [6.45, 7) is 6.62. The van der Waals surface area contributed by atoms with Gasteiger partial charge in [-0.2, -0.15) is 18.2 Å². The monoisotopic (exact) mass is 396 g/mol. The normalized spacial score (nSPS) is 15.0. The molecule has 28 heavy (non-hydrogen) atoms. The highest BCUT2D eigenvalue weighted by molar-refractivity contribution is 5.44. The van der Waals surface area contributed by atoms with E-state index in [9.17, 15) is 13.2 Å². The number of halogens is 3. The third-order valence-electron chi connectivity index (χ3n) is 4.27. The van der Waals surface area contributed by atoms with Crippen LogP contribution in [0.3, 0.4) is 0 Å². The zero-order valence-corrected chi connectivity index (χ0v) is 15.9. The third kappa shape index (κ3) is 5.28. The van der Waals surface area contributed by atoms with Crippen molar-refractivity contribution >= 4 is 11.8 Å². The number of ether oxygens (including phenoxy) is 1. The molecule has 0 saturated carbocycles. The fraction of sp³-hybridized carbons (Fsp3) is 0.556. The first-order chi connectivity index (χ1) is 13.3. The lowest BCUT2D eigenvalue weighted by atomic mass is 10.3. The lowest BCUT2D eigenvalue weighted by Crippen LogP contribution is -2.37. The fourth-order valence-corrected chi connectivity index (χ4v) is 2.85. The van der Waals surface area contributed by atoms with Crippen molar-refractivity contribution in [1.82, 2.24) is 19.9 Å². The highest BCUT2D eigenvalue weighted by atomic mass is 19.4. The molecule has 0 spiro atoms. The zero-order valence-electron chi connectivity index (χ0n) is 15.9. The van der Waals surface area contributed by atoms with Crippen molar-refractivity contribution in [2.45, 2.75) is 32.9 Å². The van der Waals surface area contributed by atoms with E-state index >= 15 is 0 Å². The Labute approximate surface area is 161 Å². The Morgan fingerprint density at radius 1 is 1.11 bits per heavy atom. The van der Waals surface area contributed by atoms with Crippen molar-refractivity contribution in [2.75, 3.05) is 43.1 Å². The summed E-state index contributed by atoms with van der Waals surface area (Å²) in [5.74, 6) is 1.42. The van der Waals surface area contributed by atoms with Gasteiger partial charge in [-0.3, -0.25) is 0 Å². The predicted octanol–water partition coefficient (Wildman–Crippen LogP) is 2.65. The van der Waals surface area contributed by atoms with Crippen molar-refractivity contribution in [3.8, 4) is 0 Å². The van der Waals surface area contributed by atoms with Crippen LogP contribution < -0.4 is 10.2 Å². The summed E-state index contributed by atoms with van der Waals surface area (Å²) >= 11 is 0. The van der Waals surface area contributed by atoms with Crippen LogP contribution in [-0.2, 0) is 23.8 Å². The molecule has 3 rings (SSSR count). The molecular weight excluding hydrogens is 373 g/mol. The Kier molecular flexibility index (Phi) is 6.28. The van der Waals surface area contributed by atoms with Gasteiger partial charge in [0, 0.05) is 43.5 Å². The summed E-state index contributed by atoms with van der Waals surface area (Å²) < 4.78 is 44.1. The van der Waals surface area contributed by atoms with Crippen LogP contribution in [0.4, 0.5) is 24.9 Å². The van der Waals surface area contributed by atoms with Crippen LogP contribution in [0.2, 0.25) is 0 Å². The molecule has 7 nitrogen and oxygen atoms in total. The number of aromatic nitrogens is 4. The molecule has 10 heteroatoms. The highest BCUT2D eigenvalue weighted by Gasteiger charge is 2.33. The molecule has 1 N–H and O–H groups in total. The van der Waals surface area contributed by atoms with E-state index in [1.807, 2.05) is 13.0 Å². The second-order valence-electron chi connectivity index (χ2n) is 6.48. The summed E-state index contributed by atoms with van der Waals surface area (Å²) in [7, 11) is 0. The molecule has 0 atom stereocenters. The lowest BCUT2D eigenvalue weighted by Gasteiger charge is -2.27. The van der Waals surface area contributed by atoms with E-state index in [-0.39, 0.29) is 12.2 Å². The predicted molar refractivity (Wildman–Crippen MR) is 98.4 cm³/mol. The SMILES string of the molecule is CCc1cc(NCCc2nc(C)cc(C(F)(F)F)n2)nc(N2CCOCC2)n1. The van der Waals surface area contributed by atoms with E-state index in [2.05, 4.69) is 30.2 Å². The second kappa shape index (κ2) is 8.68. The standard InChI is InChI=1S/C18H23F3N6O/c1-3-13-11-16(26-17(24-13)27-6-8-28-9-7-27)22-5-4-15-23-12(2)10-14(25-15)18(19,20)21/h10-11H,3-9H2,1-2H3,(H,22,24,26). The van der Waals surface area contributed by atoms with Gasteiger partial charge in [-0.1, -0.05) is 6.92 Å². The number of nitrogens with one attached hydrogen (secondary N) is 1. The second-order valence-corrected chi connectivity index (χ2v) is 6.48. The van der Waals surface area contributed by atoms with Crippen molar-refractivity contribution in [1.29, 1.82) is 0 Å². The van der Waals surface area contributed by atoms with E-state index in [4.69, 9.17) is 4.74 Å². The number of hydrogen-bond acceptors (Lipinski definition) is 7. The molecule has 0 amide bonds. The number of nitrogens with zero attached hydrogens (tertiary/aromatic N) is 5. The van der Waals surface area contributed by atoms with E-state index in [1.165, 1.54) is 6.92 Å². The molecule has 1 aliphatic rings. The van der Waals surface area contributed by atoms with Crippen LogP contribution in [0.5, 0.6) is 0 Å². The van der Waals surface area contributed by atoms with Gasteiger partial charge in [-0.05, 0) is 19.4 Å². The number of rotatable bonds is 6. The van der Waals surface area contributed by atoms with Crippen LogP contribution >= 0.6 is 0 Å². The molecule has 0 aliphatic carbocycles. The Morgan fingerprint density at radius 3 is 2.54 bits per heavy atom. The van der Waals surface area contributed by atoms with Gasteiger partial charge in [0.25, 0.3) is 0 Å². The van der Waals surface area contributed by atoms with Gasteiger partial charge in [0.2, 0.25) is 5.95 Å². The molecule has 2 aromatic rings. The van der Waals surface area contributed by atoms with Gasteiger partial charge in [-0.15, -0.1) is 0 Å². The fourth-order valence-electron chi connectivity index (χ4n) is 2.85. The summed E-state index contributed by atoms with van der Waals surface area (Å²) in [4.78, 5) is 18.9. The molecular formula is C18H23F3N6O. The number of aryl methyl sites for hydroxylation is 2. The molecule has 1 fully saturated rings. The minimum atomic E-state index is -4.48. The number of anilines is 2. The minimum Gasteiger partial charge on any atom is -0.378 e. The average molecular weight is 396 g/mol. The summed E-state index contributed by atoms with van der Waals surface area (Å²) in [6, 6.07) is 2.80. The van der Waals surface area contributed by atoms with Gasteiger partial charge < -0.3 is 15.0 Å². The van der Waals surface area contributed by atoms with E-state index in [0.29, 0.717) is 37.2 Å². The van der Waals surface area contributed by atoms with Gasteiger partial charge in [0.1, 0.15) is 17.3 Å². The molecule has 2 aromatic heterocycles. The van der Waals surface area contributed by atoms with E-state index in [1.54, 1.807) is 0 Å². The lowest BCUT2D eigenvalue weighted by molar-refractivity contribution is -0.141. The minimum absolute atomic E-state index is 0.151. The Balaban J connectivity index is 1.68. The molecule has 152 valence electrons. The molecule has 3 heterocycles. The van der Waals surface area contributed by atoms with Crippen molar-refractivity contribution in [3.05, 3.63) is 35.0 Å². The maximum Gasteiger partial charge on any atom is 0.433 e. The molecule has 0 radical (unpaired) electrons. The first-order valence-corrected chi connectivity index (χ1v) is 9.21. The summed E-state index contributed by atoms with van der Waals surface area (Å²) in [5.41, 5.74) is 0.271. The number of alkyl halides is 3. The largest absolute Gasteiger partial charge is 0.433 e. The van der Waals surface area contributed by atoms with Crippen LogP contribution in [0.25, 0.3) is 0 Å². The summed E-state index contributed by atoms with van der Waals surface area (Å²) in [5, 5.41) is 3.15. The highest BCUT2D eigenvalue weighted by Crippen LogP contribution is 2.27. The summed E-state index contributed by atoms with van der Waals surface area (Å²) in [6.07, 6.45) is -3.47. The maximum absolute atomic E-state index is 12.9. The smallest absolute Gasteiger partial charge is 0.378 e. The van der Waals surface area contributed by atoms with Crippen molar-refractivity contribution in [2.24, 2.45) is 0 Å². The quantitative estimate of drug-likeness (QED) is 0.804. The average Bonchev–Trinajstić information content (AvgIpc) is 2.67. The van der Waals surface area contributed by atoms with E-state index in [0.717, 1.165) is 31.3 Å². The number of hydrogen-bond donors (Lipinski definition) is 1. The Hall–Kier alpha value is -2.49. The zero-order chi connectivity index (χ0) is 20.1. The van der Waals surface area contributed by atoms with Gasteiger partial charge in [0.15, 0.2) is 0 Å². The van der Waals surface area contributed by atoms with Crippen molar-refractivity contribution in [3.63, 3.8) is 0 Å².